The fourth-order valence-electron chi connectivity index (χ4n) is 4.47. The van der Waals surface area contributed by atoms with E-state index in [1.54, 1.807) is 11.6 Å². The summed E-state index contributed by atoms with van der Waals surface area (Å²) in [5.74, 6) is -0.577. The third kappa shape index (κ3) is 5.48. The molecule has 1 aliphatic carbocycles. The lowest BCUT2D eigenvalue weighted by atomic mass is 10.1. The number of hydrogen-bond acceptors (Lipinski definition) is 4. The molecule has 1 unspecified atom stereocenters. The molecule has 0 bridgehead atoms. The van der Waals surface area contributed by atoms with Crippen molar-refractivity contribution in [2.24, 2.45) is 0 Å². The number of hydroxylamine groups is 1. The maximum Gasteiger partial charge on any atom is 0.410 e. The number of H-pyrrole nitrogens is 1. The van der Waals surface area contributed by atoms with Crippen LogP contribution in [0.4, 0.5) is 4.79 Å². The van der Waals surface area contributed by atoms with Gasteiger partial charge in [0.1, 0.15) is 5.60 Å². The molecule has 1 atom stereocenters. The van der Waals surface area contributed by atoms with E-state index in [-0.39, 0.29) is 12.1 Å². The molecule has 7 nitrogen and oxygen atoms in total. The van der Waals surface area contributed by atoms with E-state index in [9.17, 15) is 9.59 Å². The Labute approximate surface area is 199 Å². The van der Waals surface area contributed by atoms with E-state index in [4.69, 9.17) is 9.94 Å². The first kappa shape index (κ1) is 23.6. The summed E-state index contributed by atoms with van der Waals surface area (Å²) in [6.45, 7) is 6.20. The molecule has 0 fully saturated rings. The Hall–Kier alpha value is -3.58. The lowest BCUT2D eigenvalue weighted by Crippen LogP contribution is -2.45. The van der Waals surface area contributed by atoms with Crippen LogP contribution in [0.2, 0.25) is 0 Å². The number of aromatic amines is 1. The van der Waals surface area contributed by atoms with Crippen molar-refractivity contribution in [3.63, 3.8) is 0 Å². The standard InChI is InChI=1S/C27H31N3O4/c1-27(2,3)34-26(32)30(13-12-20-17-28-24-7-5-4-6-23(20)24)22-15-19-10-8-18(14-21(19)16-22)9-11-25(31)29-33/h4-11,14,17,22,28,33H,12-13,15-16H2,1-3H3,(H,29,31)/b11-9+. The molecule has 0 saturated heterocycles. The van der Waals surface area contributed by atoms with Crippen LogP contribution in [0.25, 0.3) is 17.0 Å². The van der Waals surface area contributed by atoms with E-state index in [1.807, 2.05) is 68.3 Å². The summed E-state index contributed by atoms with van der Waals surface area (Å²) >= 11 is 0. The number of benzene rings is 2. The van der Waals surface area contributed by atoms with Crippen LogP contribution in [0.5, 0.6) is 0 Å². The van der Waals surface area contributed by atoms with Crippen molar-refractivity contribution in [3.8, 4) is 0 Å². The first-order valence-electron chi connectivity index (χ1n) is 11.5. The largest absolute Gasteiger partial charge is 0.444 e. The quantitative estimate of drug-likeness (QED) is 0.283. The van der Waals surface area contributed by atoms with Crippen LogP contribution >= 0.6 is 0 Å². The van der Waals surface area contributed by atoms with E-state index < -0.39 is 11.5 Å². The molecular weight excluding hydrogens is 430 g/mol. The number of nitrogens with zero attached hydrogens (tertiary/aromatic N) is 1. The van der Waals surface area contributed by atoms with Gasteiger partial charge in [-0.3, -0.25) is 10.0 Å². The molecule has 34 heavy (non-hydrogen) atoms. The highest BCUT2D eigenvalue weighted by Crippen LogP contribution is 2.29. The minimum Gasteiger partial charge on any atom is -0.444 e. The highest BCUT2D eigenvalue weighted by molar-refractivity contribution is 5.90. The number of para-hydroxylation sites is 1. The summed E-state index contributed by atoms with van der Waals surface area (Å²) in [5, 5.41) is 9.84. The third-order valence-corrected chi connectivity index (χ3v) is 6.04. The topological polar surface area (TPSA) is 94.7 Å². The Bertz CT molecular complexity index is 1220. The third-order valence-electron chi connectivity index (χ3n) is 6.04. The summed E-state index contributed by atoms with van der Waals surface area (Å²) in [6.07, 6.45) is 6.84. The Balaban J connectivity index is 1.53. The van der Waals surface area contributed by atoms with Crippen LogP contribution in [-0.2, 0) is 28.8 Å². The highest BCUT2D eigenvalue weighted by Gasteiger charge is 2.32. The van der Waals surface area contributed by atoms with Crippen molar-refractivity contribution < 1.29 is 19.5 Å². The van der Waals surface area contributed by atoms with Crippen LogP contribution in [-0.4, -0.2) is 45.3 Å². The Morgan fingerprint density at radius 2 is 1.94 bits per heavy atom. The first-order chi connectivity index (χ1) is 16.2. The molecule has 7 heteroatoms. The predicted octanol–water partition coefficient (Wildman–Crippen LogP) is 4.63. The minimum absolute atomic E-state index is 0.00461. The maximum atomic E-state index is 13.2. The lowest BCUT2D eigenvalue weighted by molar-refractivity contribution is -0.124. The number of aromatic nitrogens is 1. The van der Waals surface area contributed by atoms with Gasteiger partial charge in [0.05, 0.1) is 0 Å². The van der Waals surface area contributed by atoms with E-state index in [1.165, 1.54) is 22.6 Å². The number of ether oxygens (including phenoxy) is 1. The normalized spacial score (nSPS) is 15.5. The molecule has 0 saturated carbocycles. The van der Waals surface area contributed by atoms with Crippen LogP contribution < -0.4 is 5.48 Å². The van der Waals surface area contributed by atoms with Gasteiger partial charge in [-0.25, -0.2) is 10.3 Å². The van der Waals surface area contributed by atoms with Gasteiger partial charge in [-0.2, -0.15) is 0 Å². The molecular formula is C27H31N3O4. The SMILES string of the molecule is CC(C)(C)OC(=O)N(CCc1c[nH]c2ccccc12)C1Cc2ccc(/C=C/C(=O)NO)cc2C1. The Morgan fingerprint density at radius 3 is 2.71 bits per heavy atom. The number of fused-ring (bicyclic) bond motifs is 2. The summed E-state index contributed by atoms with van der Waals surface area (Å²) < 4.78 is 5.77. The van der Waals surface area contributed by atoms with Crippen molar-refractivity contribution in [2.75, 3.05) is 6.54 Å². The van der Waals surface area contributed by atoms with Crippen LogP contribution in [0.3, 0.4) is 0 Å². The molecule has 178 valence electrons. The predicted molar refractivity (Wildman–Crippen MR) is 132 cm³/mol. The number of carbonyl (C=O) groups excluding carboxylic acids is 2. The number of hydrogen-bond donors (Lipinski definition) is 3. The second-order valence-electron chi connectivity index (χ2n) is 9.68. The maximum absolute atomic E-state index is 13.2. The summed E-state index contributed by atoms with van der Waals surface area (Å²) in [7, 11) is 0. The second-order valence-corrected chi connectivity index (χ2v) is 9.68. The molecule has 2 amide bonds. The van der Waals surface area contributed by atoms with E-state index in [0.29, 0.717) is 6.54 Å². The van der Waals surface area contributed by atoms with E-state index in [2.05, 4.69) is 11.1 Å². The summed E-state index contributed by atoms with van der Waals surface area (Å²) in [5.41, 5.74) is 6.48. The number of nitrogens with one attached hydrogen (secondary N) is 2. The van der Waals surface area contributed by atoms with Gasteiger partial charge in [0, 0.05) is 35.8 Å². The molecule has 3 aromatic rings. The molecule has 1 heterocycles. The van der Waals surface area contributed by atoms with Crippen molar-refractivity contribution in [1.82, 2.24) is 15.4 Å². The smallest absolute Gasteiger partial charge is 0.410 e. The van der Waals surface area contributed by atoms with Gasteiger partial charge >= 0.3 is 6.09 Å². The molecule has 0 radical (unpaired) electrons. The zero-order valence-electron chi connectivity index (χ0n) is 19.8. The van der Waals surface area contributed by atoms with Crippen molar-refractivity contribution >= 4 is 29.0 Å². The molecule has 4 rings (SSSR count). The van der Waals surface area contributed by atoms with Crippen molar-refractivity contribution in [1.29, 1.82) is 0 Å². The fraction of sp³-hybridized carbons (Fsp3) is 0.333. The zero-order valence-corrected chi connectivity index (χ0v) is 19.8. The molecule has 0 spiro atoms. The van der Waals surface area contributed by atoms with E-state index >= 15 is 0 Å². The monoisotopic (exact) mass is 461 g/mol. The van der Waals surface area contributed by atoms with Gasteiger partial charge in [-0.15, -0.1) is 0 Å². The van der Waals surface area contributed by atoms with E-state index in [0.717, 1.165) is 35.9 Å². The van der Waals surface area contributed by atoms with Gasteiger partial charge in [-0.1, -0.05) is 36.4 Å². The van der Waals surface area contributed by atoms with Crippen molar-refractivity contribution in [3.05, 3.63) is 77.0 Å². The average molecular weight is 462 g/mol. The highest BCUT2D eigenvalue weighted by atomic mass is 16.6. The van der Waals surface area contributed by atoms with Gasteiger partial charge in [-0.05, 0) is 74.4 Å². The summed E-state index contributed by atoms with van der Waals surface area (Å²) in [4.78, 5) is 29.7. The first-order valence-corrected chi connectivity index (χ1v) is 11.5. The summed E-state index contributed by atoms with van der Waals surface area (Å²) in [6, 6.07) is 14.2. The van der Waals surface area contributed by atoms with Gasteiger partial charge in [0.2, 0.25) is 0 Å². The van der Waals surface area contributed by atoms with Crippen molar-refractivity contribution in [2.45, 2.75) is 51.7 Å². The molecule has 3 N–H and O–H groups in total. The number of carbonyl (C=O) groups is 2. The minimum atomic E-state index is -0.577. The molecule has 1 aliphatic rings. The average Bonchev–Trinajstić information content (AvgIpc) is 3.40. The fourth-order valence-corrected chi connectivity index (χ4v) is 4.47. The van der Waals surface area contributed by atoms with Gasteiger partial charge in [0.15, 0.2) is 0 Å². The zero-order chi connectivity index (χ0) is 24.3. The van der Waals surface area contributed by atoms with Gasteiger partial charge in [0.25, 0.3) is 5.91 Å². The van der Waals surface area contributed by atoms with Crippen LogP contribution in [0.1, 0.15) is 43.0 Å². The van der Waals surface area contributed by atoms with Gasteiger partial charge < -0.3 is 14.6 Å². The number of amides is 2. The second kappa shape index (κ2) is 9.73. The Kier molecular flexibility index (Phi) is 6.75. The van der Waals surface area contributed by atoms with Crippen LogP contribution in [0, 0.1) is 0 Å². The Morgan fingerprint density at radius 1 is 1.18 bits per heavy atom. The lowest BCUT2D eigenvalue weighted by Gasteiger charge is -2.31. The molecule has 2 aromatic carbocycles. The van der Waals surface area contributed by atoms with Crippen LogP contribution in [0.15, 0.2) is 54.7 Å². The molecule has 0 aliphatic heterocycles. The number of rotatable bonds is 6. The molecule has 1 aromatic heterocycles.